The highest BCUT2D eigenvalue weighted by Crippen LogP contribution is 2.43. The van der Waals surface area contributed by atoms with E-state index in [4.69, 9.17) is 24.3 Å². The Morgan fingerprint density at radius 2 is 0.598 bits per heavy atom. The second-order valence-corrected chi connectivity index (χ2v) is 28.0. The maximum atomic E-state index is 12.8. The van der Waals surface area contributed by atoms with Gasteiger partial charge in [-0.25, -0.2) is 4.57 Å². The van der Waals surface area contributed by atoms with Crippen molar-refractivity contribution in [3.63, 3.8) is 0 Å². The van der Waals surface area contributed by atoms with Crippen molar-refractivity contribution < 1.29 is 37.6 Å². The van der Waals surface area contributed by atoms with Crippen LogP contribution in [0.5, 0.6) is 0 Å². The molecule has 0 fully saturated rings. The molecule has 0 spiro atoms. The molecule has 0 saturated heterocycles. The minimum Gasteiger partial charge on any atom is -0.462 e. The minimum absolute atomic E-state index is 0.0575. The standard InChI is InChI=1S/C77H150NO8P/c1-3-5-7-9-11-13-15-17-19-21-23-25-27-29-31-33-35-36-37-38-40-42-44-46-48-50-52-54-56-58-60-62-64-66-68-70-77(80)86-75(74-85-87(81,82)84-72-71-78)73-83-76(79)69-67-65-63-61-59-57-55-53-51-49-47-45-43-41-39-34-32-30-28-26-24-22-20-18-16-14-12-10-8-6-4-2/h15,17,21,23,75H,3-14,16,18-20,22,24-74,78H2,1-2H3,(H,81,82)/b17-15-,23-21-. The Kier molecular flexibility index (Phi) is 72.3. The topological polar surface area (TPSA) is 134 Å². The molecule has 87 heavy (non-hydrogen) atoms. The molecule has 0 heterocycles. The van der Waals surface area contributed by atoms with Crippen molar-refractivity contribution in [2.45, 2.75) is 431 Å². The molecule has 0 aliphatic rings. The summed E-state index contributed by atoms with van der Waals surface area (Å²) in [5, 5.41) is 0. The number of esters is 2. The first-order valence-electron chi connectivity index (χ1n) is 38.8. The van der Waals surface area contributed by atoms with Gasteiger partial charge in [0.2, 0.25) is 0 Å². The summed E-state index contributed by atoms with van der Waals surface area (Å²) in [5.41, 5.74) is 5.41. The van der Waals surface area contributed by atoms with E-state index < -0.39 is 26.5 Å². The lowest BCUT2D eigenvalue weighted by Gasteiger charge is -2.19. The van der Waals surface area contributed by atoms with E-state index >= 15 is 0 Å². The van der Waals surface area contributed by atoms with Gasteiger partial charge in [-0.15, -0.1) is 0 Å². The summed E-state index contributed by atoms with van der Waals surface area (Å²) in [5.74, 6) is -0.798. The Morgan fingerprint density at radius 1 is 0.345 bits per heavy atom. The van der Waals surface area contributed by atoms with E-state index in [0.29, 0.717) is 6.42 Å². The van der Waals surface area contributed by atoms with Crippen LogP contribution >= 0.6 is 7.82 Å². The highest BCUT2D eigenvalue weighted by molar-refractivity contribution is 7.47. The van der Waals surface area contributed by atoms with Crippen molar-refractivity contribution >= 4 is 19.8 Å². The molecule has 0 bridgehead atoms. The van der Waals surface area contributed by atoms with Crippen molar-refractivity contribution in [2.75, 3.05) is 26.4 Å². The number of hydrogen-bond donors (Lipinski definition) is 2. The molecule has 0 radical (unpaired) electrons. The molecule has 2 atom stereocenters. The van der Waals surface area contributed by atoms with E-state index in [2.05, 4.69) is 38.2 Å². The number of nitrogens with two attached hydrogens (primary N) is 1. The van der Waals surface area contributed by atoms with Crippen LogP contribution in [0.25, 0.3) is 0 Å². The number of ether oxygens (including phenoxy) is 2. The quantitative estimate of drug-likeness (QED) is 0.0264. The molecule has 10 heteroatoms. The van der Waals surface area contributed by atoms with Crippen LogP contribution in [0, 0.1) is 0 Å². The van der Waals surface area contributed by atoms with Gasteiger partial charge >= 0.3 is 19.8 Å². The molecular formula is C77H150NO8P. The molecule has 0 saturated carbocycles. The smallest absolute Gasteiger partial charge is 0.462 e. The van der Waals surface area contributed by atoms with Crippen LogP contribution in [0.4, 0.5) is 0 Å². The monoisotopic (exact) mass is 1250 g/mol. The Bertz CT molecular complexity index is 1470. The molecule has 0 aromatic rings. The maximum Gasteiger partial charge on any atom is 0.472 e. The number of hydrogen-bond acceptors (Lipinski definition) is 8. The summed E-state index contributed by atoms with van der Waals surface area (Å²) < 4.78 is 33.3. The van der Waals surface area contributed by atoms with Crippen molar-refractivity contribution in [3.8, 4) is 0 Å². The van der Waals surface area contributed by atoms with Gasteiger partial charge in [-0.2, -0.15) is 0 Å². The predicted octanol–water partition coefficient (Wildman–Crippen LogP) is 25.7. The van der Waals surface area contributed by atoms with Crippen LogP contribution in [-0.2, 0) is 32.7 Å². The third-order valence-electron chi connectivity index (χ3n) is 17.8. The van der Waals surface area contributed by atoms with Gasteiger partial charge in [0.05, 0.1) is 13.2 Å². The summed E-state index contributed by atoms with van der Waals surface area (Å²) in [6, 6.07) is 0. The lowest BCUT2D eigenvalue weighted by molar-refractivity contribution is -0.161. The van der Waals surface area contributed by atoms with E-state index in [1.165, 1.54) is 353 Å². The maximum absolute atomic E-state index is 12.8. The molecule has 0 aliphatic carbocycles. The Labute approximate surface area is 542 Å². The number of rotatable bonds is 75. The van der Waals surface area contributed by atoms with E-state index in [9.17, 15) is 19.0 Å². The van der Waals surface area contributed by atoms with E-state index in [-0.39, 0.29) is 38.6 Å². The third kappa shape index (κ3) is 73.4. The SMILES string of the molecule is CCCCCCC/C=C\C/C=C\CCCCCCCCCCCCCCCCCCCCCCCCCC(=O)OC(COC(=O)CCCCCCCCCCCCCCCCCCCCCCCCCCCCCCCCC)COP(=O)(O)OCCN. The first-order chi connectivity index (χ1) is 42.8. The lowest BCUT2D eigenvalue weighted by Crippen LogP contribution is -2.29. The Balaban J connectivity index is 3.76. The van der Waals surface area contributed by atoms with Gasteiger partial charge in [0.15, 0.2) is 6.10 Å². The summed E-state index contributed by atoms with van der Waals surface area (Å²) in [6.07, 6.45) is 91.7. The minimum atomic E-state index is -4.39. The molecule has 0 rings (SSSR count). The molecular weight excluding hydrogens is 1100 g/mol. The molecule has 0 aromatic heterocycles. The van der Waals surface area contributed by atoms with Crippen molar-refractivity contribution in [3.05, 3.63) is 24.3 Å². The average molecular weight is 1250 g/mol. The zero-order valence-electron chi connectivity index (χ0n) is 58.3. The third-order valence-corrected chi connectivity index (χ3v) is 18.8. The van der Waals surface area contributed by atoms with Gasteiger partial charge in [0, 0.05) is 19.4 Å². The molecule has 0 amide bonds. The summed E-state index contributed by atoms with van der Waals surface area (Å²) in [6.45, 7) is 3.83. The second kappa shape index (κ2) is 73.5. The Hall–Kier alpha value is -1.51. The summed E-state index contributed by atoms with van der Waals surface area (Å²) in [4.78, 5) is 35.4. The van der Waals surface area contributed by atoms with Crippen LogP contribution in [0.3, 0.4) is 0 Å². The first kappa shape index (κ1) is 85.5. The van der Waals surface area contributed by atoms with Crippen LogP contribution in [0.1, 0.15) is 425 Å². The highest BCUT2D eigenvalue weighted by Gasteiger charge is 2.26. The average Bonchev–Trinajstić information content (AvgIpc) is 3.64. The van der Waals surface area contributed by atoms with Gasteiger partial charge in [0.1, 0.15) is 6.61 Å². The number of phosphoric ester groups is 1. The van der Waals surface area contributed by atoms with E-state index in [0.717, 1.165) is 38.5 Å². The zero-order chi connectivity index (χ0) is 63.0. The van der Waals surface area contributed by atoms with E-state index in [1.54, 1.807) is 0 Å². The molecule has 0 aromatic carbocycles. The Morgan fingerprint density at radius 3 is 0.874 bits per heavy atom. The van der Waals surface area contributed by atoms with Crippen LogP contribution in [0.15, 0.2) is 24.3 Å². The van der Waals surface area contributed by atoms with Gasteiger partial charge < -0.3 is 20.1 Å². The molecule has 9 nitrogen and oxygen atoms in total. The van der Waals surface area contributed by atoms with E-state index in [1.807, 2.05) is 0 Å². The molecule has 3 N–H and O–H groups in total. The fourth-order valence-electron chi connectivity index (χ4n) is 12.1. The first-order valence-corrected chi connectivity index (χ1v) is 40.3. The highest BCUT2D eigenvalue weighted by atomic mass is 31.2. The summed E-state index contributed by atoms with van der Waals surface area (Å²) >= 11 is 0. The fourth-order valence-corrected chi connectivity index (χ4v) is 12.9. The largest absolute Gasteiger partial charge is 0.472 e. The number of phosphoric acid groups is 1. The van der Waals surface area contributed by atoms with Crippen molar-refractivity contribution in [1.82, 2.24) is 0 Å². The van der Waals surface area contributed by atoms with Gasteiger partial charge in [-0.1, -0.05) is 391 Å². The fraction of sp³-hybridized carbons (Fsp3) is 0.922. The van der Waals surface area contributed by atoms with Crippen LogP contribution < -0.4 is 5.73 Å². The normalized spacial score (nSPS) is 12.9. The second-order valence-electron chi connectivity index (χ2n) is 26.6. The summed E-state index contributed by atoms with van der Waals surface area (Å²) in [7, 11) is -4.39. The number of carbonyl (C=O) groups excluding carboxylic acids is 2. The number of unbranched alkanes of at least 4 members (excludes halogenated alkanes) is 58. The van der Waals surface area contributed by atoms with Gasteiger partial charge in [-0.3, -0.25) is 18.6 Å². The van der Waals surface area contributed by atoms with Crippen molar-refractivity contribution in [2.24, 2.45) is 5.73 Å². The van der Waals surface area contributed by atoms with Crippen LogP contribution in [-0.4, -0.2) is 49.3 Å². The molecule has 2 unspecified atom stereocenters. The predicted molar refractivity (Wildman–Crippen MR) is 377 cm³/mol. The lowest BCUT2D eigenvalue weighted by atomic mass is 10.0. The van der Waals surface area contributed by atoms with Gasteiger partial charge in [0.25, 0.3) is 0 Å². The van der Waals surface area contributed by atoms with Crippen molar-refractivity contribution in [1.29, 1.82) is 0 Å². The molecule has 0 aliphatic heterocycles. The number of carbonyl (C=O) groups is 2. The zero-order valence-corrected chi connectivity index (χ0v) is 59.2. The van der Waals surface area contributed by atoms with Gasteiger partial charge in [-0.05, 0) is 44.9 Å². The molecule has 516 valence electrons. The van der Waals surface area contributed by atoms with Crippen LogP contribution in [0.2, 0.25) is 0 Å². The number of allylic oxidation sites excluding steroid dienone is 4.